The smallest absolute Gasteiger partial charge is 0.411 e. The Morgan fingerprint density at radius 3 is 2.54 bits per heavy atom. The third-order valence-corrected chi connectivity index (χ3v) is 7.96. The minimum Gasteiger partial charge on any atom is -0.444 e. The lowest BCUT2D eigenvalue weighted by Gasteiger charge is -2.35. The average molecular weight is 558 g/mol. The predicted octanol–water partition coefficient (Wildman–Crippen LogP) is 3.31. The number of hydrogen-bond acceptors (Lipinski definition) is 6. The summed E-state index contributed by atoms with van der Waals surface area (Å²) in [5.74, 6) is -0.430. The lowest BCUT2D eigenvalue weighted by Crippen LogP contribution is -2.55. The fourth-order valence-corrected chi connectivity index (χ4v) is 6.16. The Kier molecular flexibility index (Phi) is 7.47. The van der Waals surface area contributed by atoms with Crippen LogP contribution in [0.15, 0.2) is 41.2 Å². The van der Waals surface area contributed by atoms with Gasteiger partial charge in [-0.15, -0.1) is 0 Å². The van der Waals surface area contributed by atoms with Gasteiger partial charge in [-0.05, 0) is 80.7 Å². The zero-order chi connectivity index (χ0) is 29.5. The molecule has 5 rings (SSSR count). The number of likely N-dealkylation sites (tertiary alicyclic amines) is 1. The first-order valence-electron chi connectivity index (χ1n) is 14.0. The predicted molar refractivity (Wildman–Crippen MR) is 154 cm³/mol. The Morgan fingerprint density at radius 1 is 1.10 bits per heavy atom. The largest absolute Gasteiger partial charge is 0.444 e. The molecule has 10 heteroatoms. The van der Waals surface area contributed by atoms with Gasteiger partial charge < -0.3 is 20.4 Å². The highest BCUT2D eigenvalue weighted by Crippen LogP contribution is 2.43. The van der Waals surface area contributed by atoms with E-state index >= 15 is 0 Å². The number of nitriles is 1. The van der Waals surface area contributed by atoms with E-state index < -0.39 is 23.8 Å². The molecule has 10 nitrogen and oxygen atoms in total. The quantitative estimate of drug-likeness (QED) is 0.397. The molecule has 2 aromatic carbocycles. The van der Waals surface area contributed by atoms with Crippen molar-refractivity contribution in [3.63, 3.8) is 0 Å². The zero-order valence-corrected chi connectivity index (χ0v) is 23.7. The van der Waals surface area contributed by atoms with Crippen molar-refractivity contribution in [3.05, 3.63) is 57.9 Å². The van der Waals surface area contributed by atoms with Crippen molar-refractivity contribution in [3.8, 4) is 6.07 Å². The van der Waals surface area contributed by atoms with Crippen molar-refractivity contribution in [2.75, 3.05) is 7.05 Å². The van der Waals surface area contributed by atoms with E-state index in [9.17, 15) is 24.4 Å². The van der Waals surface area contributed by atoms with Crippen molar-refractivity contribution in [1.29, 1.82) is 5.26 Å². The Bertz CT molecular complexity index is 1630. The third kappa shape index (κ3) is 5.75. The molecule has 2 fully saturated rings. The molecular weight excluding hydrogens is 522 g/mol. The summed E-state index contributed by atoms with van der Waals surface area (Å²) in [7, 11) is 1.59. The number of aromatic amines is 1. The zero-order valence-electron chi connectivity index (χ0n) is 23.7. The molecule has 4 unspecified atom stereocenters. The Hall–Kier alpha value is -4.39. The van der Waals surface area contributed by atoms with Gasteiger partial charge in [0.25, 0.3) is 5.56 Å². The lowest BCUT2D eigenvalue weighted by atomic mass is 9.96. The minimum absolute atomic E-state index is 0.0349. The van der Waals surface area contributed by atoms with Crippen molar-refractivity contribution in [2.24, 2.45) is 5.92 Å². The normalized spacial score (nSPS) is 20.6. The molecule has 1 saturated heterocycles. The molecule has 41 heavy (non-hydrogen) atoms. The number of nitrogens with one attached hydrogen (secondary N) is 3. The van der Waals surface area contributed by atoms with Gasteiger partial charge in [0.15, 0.2) is 0 Å². The molecule has 2 aliphatic rings. The molecular formula is C31H35N5O5. The molecule has 1 aliphatic carbocycles. The maximum absolute atomic E-state index is 13.4. The van der Waals surface area contributed by atoms with Gasteiger partial charge in [0.1, 0.15) is 17.7 Å². The number of benzene rings is 2. The molecule has 2 heterocycles. The first-order valence-corrected chi connectivity index (χ1v) is 14.0. The van der Waals surface area contributed by atoms with Crippen LogP contribution in [0.1, 0.15) is 51.2 Å². The van der Waals surface area contributed by atoms with Crippen molar-refractivity contribution in [2.45, 2.75) is 76.6 Å². The summed E-state index contributed by atoms with van der Waals surface area (Å²) < 4.78 is 5.59. The van der Waals surface area contributed by atoms with Crippen LogP contribution in [0.5, 0.6) is 0 Å². The summed E-state index contributed by atoms with van der Waals surface area (Å²) in [4.78, 5) is 55.6. The number of nitrogens with zero attached hydrogens (tertiary/aromatic N) is 2. The maximum Gasteiger partial charge on any atom is 0.411 e. The van der Waals surface area contributed by atoms with Gasteiger partial charge in [-0.2, -0.15) is 5.26 Å². The van der Waals surface area contributed by atoms with Crippen LogP contribution in [0.2, 0.25) is 0 Å². The number of H-pyrrole nitrogens is 1. The van der Waals surface area contributed by atoms with Gasteiger partial charge in [0.2, 0.25) is 11.8 Å². The highest BCUT2D eigenvalue weighted by Gasteiger charge is 2.52. The molecule has 1 aliphatic heterocycles. The summed E-state index contributed by atoms with van der Waals surface area (Å²) in [6.45, 7) is 5.38. The fourth-order valence-electron chi connectivity index (χ4n) is 6.16. The number of rotatable bonds is 6. The van der Waals surface area contributed by atoms with E-state index in [1.54, 1.807) is 44.9 Å². The Labute approximate surface area is 238 Å². The topological polar surface area (TPSA) is 144 Å². The van der Waals surface area contributed by atoms with Gasteiger partial charge in [0, 0.05) is 35.8 Å². The number of fused-ring (bicyclic) bond motifs is 5. The van der Waals surface area contributed by atoms with Crippen LogP contribution >= 0.6 is 0 Å². The fraction of sp³-hybridized carbons (Fsp3) is 0.452. The average Bonchev–Trinajstić information content (AvgIpc) is 3.54. The van der Waals surface area contributed by atoms with E-state index in [1.165, 1.54) is 0 Å². The lowest BCUT2D eigenvalue weighted by molar-refractivity contribution is -0.128. The first-order chi connectivity index (χ1) is 19.5. The minimum atomic E-state index is -0.849. The monoisotopic (exact) mass is 557 g/mol. The summed E-state index contributed by atoms with van der Waals surface area (Å²) in [5.41, 5.74) is 1.26. The van der Waals surface area contributed by atoms with Gasteiger partial charge in [-0.3, -0.25) is 19.3 Å². The van der Waals surface area contributed by atoms with Crippen molar-refractivity contribution < 1.29 is 19.1 Å². The molecule has 4 atom stereocenters. The number of carbonyl (C=O) groups excluding carboxylic acids is 3. The number of ether oxygens (including phenoxy) is 1. The molecule has 1 aromatic heterocycles. The van der Waals surface area contributed by atoms with E-state index in [4.69, 9.17) is 4.74 Å². The molecule has 1 saturated carbocycles. The number of amides is 3. The second kappa shape index (κ2) is 10.9. The van der Waals surface area contributed by atoms with Gasteiger partial charge >= 0.3 is 6.09 Å². The van der Waals surface area contributed by atoms with E-state index in [0.717, 1.165) is 35.6 Å². The van der Waals surface area contributed by atoms with Gasteiger partial charge in [-0.1, -0.05) is 18.2 Å². The third-order valence-electron chi connectivity index (χ3n) is 7.96. The number of likely N-dealkylation sites (N-methyl/N-ethyl adjacent to an activating group) is 1. The van der Waals surface area contributed by atoms with Gasteiger partial charge in [0.05, 0.1) is 12.5 Å². The summed E-state index contributed by atoms with van der Waals surface area (Å²) in [6.07, 6.45) is 2.36. The molecule has 0 spiro atoms. The van der Waals surface area contributed by atoms with Crippen molar-refractivity contribution in [1.82, 2.24) is 20.5 Å². The Morgan fingerprint density at radius 2 is 1.83 bits per heavy atom. The number of hydrogen-bond donors (Lipinski definition) is 3. The highest BCUT2D eigenvalue weighted by atomic mass is 16.6. The van der Waals surface area contributed by atoms with E-state index in [0.29, 0.717) is 16.5 Å². The Balaban J connectivity index is 1.36. The van der Waals surface area contributed by atoms with Crippen LogP contribution in [-0.2, 0) is 27.2 Å². The maximum atomic E-state index is 13.4. The van der Waals surface area contributed by atoms with Gasteiger partial charge in [-0.25, -0.2) is 4.79 Å². The van der Waals surface area contributed by atoms with Crippen LogP contribution in [-0.4, -0.2) is 58.6 Å². The van der Waals surface area contributed by atoms with Crippen LogP contribution in [0.25, 0.3) is 21.7 Å². The number of pyridine rings is 1. The van der Waals surface area contributed by atoms with E-state index in [1.807, 2.05) is 24.3 Å². The van der Waals surface area contributed by atoms with Crippen LogP contribution in [0.3, 0.4) is 0 Å². The summed E-state index contributed by atoms with van der Waals surface area (Å²) >= 11 is 0. The SMILES string of the molecule is CNC(=O)Cc1ccc2[nH]c(=O)c3cc(CC(C#N)NC(=O)C4C5CCC(C5)N4C(=O)OC(C)(C)C)ccc3c2c1. The summed E-state index contributed by atoms with van der Waals surface area (Å²) in [6, 6.07) is 11.5. The van der Waals surface area contributed by atoms with E-state index in [2.05, 4.69) is 21.7 Å². The standard InChI is InChI=1S/C31H35N5O5/c1-31(2,3)41-30(40)36-21-8-7-19(15-21)27(36)29(39)34-20(16-32)11-17-5-9-22-23-12-18(14-26(37)33-4)6-10-25(23)35-28(38)24(22)13-17/h5-6,9-10,12-13,19-21,27H,7-8,11,14-15H2,1-4H3,(H,33,37)(H,34,39)(H,35,38). The number of aromatic nitrogens is 1. The number of carbonyl (C=O) groups is 3. The molecule has 3 N–H and O–H groups in total. The highest BCUT2D eigenvalue weighted by molar-refractivity contribution is 6.05. The molecule has 3 aromatic rings. The first kappa shape index (κ1) is 28.1. The van der Waals surface area contributed by atoms with Crippen LogP contribution in [0.4, 0.5) is 4.79 Å². The van der Waals surface area contributed by atoms with Crippen LogP contribution < -0.4 is 16.2 Å². The second-order valence-corrected chi connectivity index (χ2v) is 12.0. The summed E-state index contributed by atoms with van der Waals surface area (Å²) in [5, 5.41) is 17.4. The number of piperidine rings is 1. The van der Waals surface area contributed by atoms with E-state index in [-0.39, 0.29) is 42.2 Å². The van der Waals surface area contributed by atoms with Crippen molar-refractivity contribution >= 4 is 39.6 Å². The molecule has 214 valence electrons. The molecule has 0 radical (unpaired) electrons. The molecule has 3 amide bonds. The molecule has 2 bridgehead atoms. The van der Waals surface area contributed by atoms with Crippen LogP contribution in [0, 0.1) is 17.2 Å². The second-order valence-electron chi connectivity index (χ2n) is 12.0.